The van der Waals surface area contributed by atoms with E-state index >= 15 is 0 Å². The molecule has 0 aliphatic carbocycles. The number of sulfonamides is 1. The van der Waals surface area contributed by atoms with Crippen molar-refractivity contribution < 1.29 is 23.1 Å². The van der Waals surface area contributed by atoms with Crippen molar-refractivity contribution in [2.24, 2.45) is 5.73 Å². The van der Waals surface area contributed by atoms with Crippen molar-refractivity contribution in [2.45, 2.75) is 29.5 Å². The monoisotopic (exact) mass is 318 g/mol. The number of thiophene rings is 1. The van der Waals surface area contributed by atoms with Crippen molar-refractivity contribution in [3.8, 4) is 0 Å². The number of carbonyl (C=O) groups is 2. The maximum absolute atomic E-state index is 12.5. The fourth-order valence-corrected chi connectivity index (χ4v) is 5.10. The highest BCUT2D eigenvalue weighted by Gasteiger charge is 2.37. The van der Waals surface area contributed by atoms with Crippen molar-refractivity contribution in [1.82, 2.24) is 4.31 Å². The zero-order chi connectivity index (χ0) is 14.9. The van der Waals surface area contributed by atoms with Gasteiger partial charge >= 0.3 is 5.97 Å². The second-order valence-electron chi connectivity index (χ2n) is 4.49. The van der Waals surface area contributed by atoms with Gasteiger partial charge in [-0.05, 0) is 18.9 Å². The molecule has 110 valence electrons. The lowest BCUT2D eigenvalue weighted by Crippen LogP contribution is -2.50. The van der Waals surface area contributed by atoms with Gasteiger partial charge in [-0.15, -0.1) is 11.3 Å². The molecule has 0 aromatic carbocycles. The van der Waals surface area contributed by atoms with Gasteiger partial charge in [0.05, 0.1) is 5.56 Å². The van der Waals surface area contributed by atoms with E-state index in [1.54, 1.807) is 0 Å². The lowest BCUT2D eigenvalue weighted by Gasteiger charge is -2.32. The van der Waals surface area contributed by atoms with Crippen molar-refractivity contribution >= 4 is 33.2 Å². The molecule has 1 unspecified atom stereocenters. The van der Waals surface area contributed by atoms with E-state index in [0.29, 0.717) is 12.8 Å². The molecular formula is C11H14N2O5S2. The molecule has 1 aliphatic heterocycles. The number of hydrogen-bond donors (Lipinski definition) is 2. The number of nitrogens with two attached hydrogens (primary N) is 1. The average molecular weight is 318 g/mol. The van der Waals surface area contributed by atoms with Gasteiger partial charge in [-0.25, -0.2) is 13.2 Å². The molecule has 3 N–H and O–H groups in total. The quantitative estimate of drug-likeness (QED) is 0.837. The number of carbonyl (C=O) groups excluding carboxylic acids is 1. The topological polar surface area (TPSA) is 118 Å². The summed E-state index contributed by atoms with van der Waals surface area (Å²) in [4.78, 5) is 22.2. The van der Waals surface area contributed by atoms with E-state index in [-0.39, 0.29) is 16.3 Å². The summed E-state index contributed by atoms with van der Waals surface area (Å²) < 4.78 is 25.9. The molecule has 1 aliphatic rings. The number of amides is 1. The van der Waals surface area contributed by atoms with E-state index in [1.165, 1.54) is 5.38 Å². The van der Waals surface area contributed by atoms with E-state index in [1.807, 2.05) is 0 Å². The van der Waals surface area contributed by atoms with Crippen LogP contribution in [-0.4, -0.2) is 42.3 Å². The number of piperidine rings is 1. The highest BCUT2D eigenvalue weighted by atomic mass is 32.2. The molecule has 2 heterocycles. The van der Waals surface area contributed by atoms with Crippen LogP contribution in [0.4, 0.5) is 0 Å². The van der Waals surface area contributed by atoms with E-state index in [2.05, 4.69) is 0 Å². The van der Waals surface area contributed by atoms with Crippen LogP contribution in [0.1, 0.15) is 29.6 Å². The first kappa shape index (κ1) is 14.9. The molecule has 2 rings (SSSR count). The molecule has 0 spiro atoms. The second-order valence-corrected chi connectivity index (χ2v) is 7.52. The number of hydrogen-bond acceptors (Lipinski definition) is 5. The van der Waals surface area contributed by atoms with Gasteiger partial charge in [-0.1, -0.05) is 6.42 Å². The maximum Gasteiger partial charge on any atom is 0.336 e. The van der Waals surface area contributed by atoms with Gasteiger partial charge in [0, 0.05) is 11.9 Å². The number of rotatable bonds is 4. The van der Waals surface area contributed by atoms with Crippen molar-refractivity contribution in [1.29, 1.82) is 0 Å². The van der Waals surface area contributed by atoms with Gasteiger partial charge < -0.3 is 10.8 Å². The number of nitrogens with zero attached hydrogens (tertiary/aromatic N) is 1. The van der Waals surface area contributed by atoms with Gasteiger partial charge in [0.1, 0.15) is 10.3 Å². The molecule has 0 radical (unpaired) electrons. The predicted octanol–water partition coefficient (Wildman–Crippen LogP) is 0.475. The minimum Gasteiger partial charge on any atom is -0.478 e. The van der Waals surface area contributed by atoms with E-state index in [4.69, 9.17) is 10.8 Å². The minimum absolute atomic E-state index is 0.0805. The highest BCUT2D eigenvalue weighted by molar-refractivity contribution is 7.91. The Kier molecular flexibility index (Phi) is 4.11. The molecule has 1 atom stereocenters. The molecule has 7 nitrogen and oxygen atoms in total. The van der Waals surface area contributed by atoms with Crippen LogP contribution in [0, 0.1) is 0 Å². The fraction of sp³-hybridized carbons (Fsp3) is 0.455. The summed E-state index contributed by atoms with van der Waals surface area (Å²) in [6.45, 7) is 0.218. The smallest absolute Gasteiger partial charge is 0.336 e. The van der Waals surface area contributed by atoms with E-state index in [0.717, 1.165) is 28.1 Å². The van der Waals surface area contributed by atoms with Crippen LogP contribution in [0.2, 0.25) is 0 Å². The molecule has 1 fully saturated rings. The summed E-state index contributed by atoms with van der Waals surface area (Å²) in [7, 11) is -3.88. The van der Waals surface area contributed by atoms with Gasteiger partial charge in [-0.2, -0.15) is 4.31 Å². The Morgan fingerprint density at radius 2 is 2.10 bits per heavy atom. The third kappa shape index (κ3) is 2.69. The summed E-state index contributed by atoms with van der Waals surface area (Å²) in [5.41, 5.74) is 5.17. The van der Waals surface area contributed by atoms with Crippen LogP contribution in [-0.2, 0) is 14.8 Å². The highest BCUT2D eigenvalue weighted by Crippen LogP contribution is 2.29. The van der Waals surface area contributed by atoms with Gasteiger partial charge in [0.25, 0.3) is 10.0 Å². The summed E-state index contributed by atoms with van der Waals surface area (Å²) >= 11 is 0.830. The Labute approximate surface area is 120 Å². The Bertz CT molecular complexity index is 637. The Balaban J connectivity index is 2.36. The lowest BCUT2D eigenvalue weighted by atomic mass is 10.0. The summed E-state index contributed by atoms with van der Waals surface area (Å²) in [6.07, 6.45) is 1.79. The van der Waals surface area contributed by atoms with Gasteiger partial charge in [-0.3, -0.25) is 4.79 Å². The Morgan fingerprint density at radius 1 is 1.40 bits per heavy atom. The molecule has 0 saturated carbocycles. The van der Waals surface area contributed by atoms with Crippen LogP contribution in [0.5, 0.6) is 0 Å². The molecule has 20 heavy (non-hydrogen) atoms. The first-order chi connectivity index (χ1) is 9.34. The first-order valence-corrected chi connectivity index (χ1v) is 8.29. The van der Waals surface area contributed by atoms with Crippen LogP contribution >= 0.6 is 11.3 Å². The molecule has 1 aromatic heterocycles. The standard InChI is InChI=1S/C11H14N2O5S2/c12-10(14)8-3-1-2-4-13(8)20(17,18)9-5-7(6-19-9)11(15)16/h5-6,8H,1-4H2,(H2,12,14)(H,15,16). The SMILES string of the molecule is NC(=O)C1CCCCN1S(=O)(=O)c1cc(C(=O)O)cs1. The molecular weight excluding hydrogens is 304 g/mol. The summed E-state index contributed by atoms with van der Waals surface area (Å²) in [5.74, 6) is -1.86. The third-order valence-electron chi connectivity index (χ3n) is 3.17. The number of carboxylic acids is 1. The Morgan fingerprint density at radius 3 is 2.65 bits per heavy atom. The molecule has 9 heteroatoms. The van der Waals surface area contributed by atoms with Crippen LogP contribution in [0.3, 0.4) is 0 Å². The molecule has 1 amide bonds. The predicted molar refractivity (Wildman–Crippen MR) is 72.0 cm³/mol. The largest absolute Gasteiger partial charge is 0.478 e. The second kappa shape index (κ2) is 5.51. The summed E-state index contributed by atoms with van der Waals surface area (Å²) in [6, 6.07) is 0.249. The van der Waals surface area contributed by atoms with Crippen molar-refractivity contribution in [2.75, 3.05) is 6.54 Å². The maximum atomic E-state index is 12.5. The van der Waals surface area contributed by atoms with Crippen LogP contribution < -0.4 is 5.73 Å². The van der Waals surface area contributed by atoms with E-state index < -0.39 is 27.9 Å². The van der Waals surface area contributed by atoms with Crippen molar-refractivity contribution in [3.05, 3.63) is 17.0 Å². The van der Waals surface area contributed by atoms with Gasteiger partial charge in [0.15, 0.2) is 0 Å². The normalized spacial score (nSPS) is 20.7. The zero-order valence-electron chi connectivity index (χ0n) is 10.5. The number of primary amides is 1. The van der Waals surface area contributed by atoms with Crippen LogP contribution in [0.25, 0.3) is 0 Å². The zero-order valence-corrected chi connectivity index (χ0v) is 12.1. The van der Waals surface area contributed by atoms with E-state index in [9.17, 15) is 18.0 Å². The lowest BCUT2D eigenvalue weighted by molar-refractivity contribution is -0.122. The molecule has 1 saturated heterocycles. The molecule has 1 aromatic rings. The Hall–Kier alpha value is -1.45. The average Bonchev–Trinajstić information content (AvgIpc) is 2.89. The number of carboxylic acid groups (broad SMARTS) is 1. The number of aromatic carboxylic acids is 1. The minimum atomic E-state index is -3.88. The first-order valence-electron chi connectivity index (χ1n) is 5.97. The van der Waals surface area contributed by atoms with Crippen molar-refractivity contribution in [3.63, 3.8) is 0 Å². The third-order valence-corrected chi connectivity index (χ3v) is 6.49. The fourth-order valence-electron chi connectivity index (χ4n) is 2.16. The van der Waals surface area contributed by atoms with Crippen LogP contribution in [0.15, 0.2) is 15.7 Å². The molecule has 0 bridgehead atoms. The summed E-state index contributed by atoms with van der Waals surface area (Å²) in [5, 5.41) is 10.1. The van der Waals surface area contributed by atoms with Gasteiger partial charge in [0.2, 0.25) is 5.91 Å².